The number of nitrogens with two attached hydrogens (primary N) is 1. The van der Waals surface area contributed by atoms with Crippen LogP contribution < -0.4 is 11.1 Å². The Kier molecular flexibility index (Phi) is 3.66. The number of anilines is 3. The van der Waals surface area contributed by atoms with Gasteiger partial charge in [0.05, 0.1) is 11.4 Å². The van der Waals surface area contributed by atoms with E-state index in [1.165, 1.54) is 24.3 Å². The number of carboxylic acid groups (broad SMARTS) is 1. The molecule has 19 heavy (non-hydrogen) atoms. The van der Waals surface area contributed by atoms with Crippen LogP contribution in [0, 0.1) is 5.82 Å². The Balaban J connectivity index is 2.40. The topological polar surface area (TPSA) is 88.2 Å². The molecule has 1 aromatic heterocycles. The third-order valence-corrected chi connectivity index (χ3v) is 2.82. The molecular formula is C12H9BrFN3O2. The number of carboxylic acids is 1. The first-order chi connectivity index (χ1) is 8.97. The van der Waals surface area contributed by atoms with E-state index >= 15 is 0 Å². The maximum atomic E-state index is 13.6. The third-order valence-electron chi connectivity index (χ3n) is 2.33. The summed E-state index contributed by atoms with van der Waals surface area (Å²) < 4.78 is 14.2. The second kappa shape index (κ2) is 5.23. The van der Waals surface area contributed by atoms with Crippen molar-refractivity contribution in [3.63, 3.8) is 0 Å². The molecule has 0 aliphatic carbocycles. The van der Waals surface area contributed by atoms with Crippen molar-refractivity contribution in [3.8, 4) is 0 Å². The predicted molar refractivity (Wildman–Crippen MR) is 73.0 cm³/mol. The monoisotopic (exact) mass is 325 g/mol. The van der Waals surface area contributed by atoms with Crippen LogP contribution in [0.5, 0.6) is 0 Å². The highest BCUT2D eigenvalue weighted by Crippen LogP contribution is 2.26. The molecular weight excluding hydrogens is 317 g/mol. The van der Waals surface area contributed by atoms with Gasteiger partial charge in [0.2, 0.25) is 0 Å². The molecule has 2 aromatic rings. The summed E-state index contributed by atoms with van der Waals surface area (Å²) in [4.78, 5) is 14.6. The van der Waals surface area contributed by atoms with Gasteiger partial charge in [-0.2, -0.15) is 0 Å². The molecule has 0 radical (unpaired) electrons. The summed E-state index contributed by atoms with van der Waals surface area (Å²) in [6.07, 6.45) is 0. The number of nitrogens with zero attached hydrogens (tertiary/aromatic N) is 1. The van der Waals surface area contributed by atoms with E-state index in [4.69, 9.17) is 10.8 Å². The average molecular weight is 326 g/mol. The molecule has 0 amide bonds. The van der Waals surface area contributed by atoms with E-state index in [0.29, 0.717) is 4.47 Å². The van der Waals surface area contributed by atoms with Crippen LogP contribution in [0.15, 0.2) is 34.8 Å². The molecule has 1 heterocycles. The normalized spacial score (nSPS) is 10.2. The maximum absolute atomic E-state index is 13.6. The standard InChI is InChI=1S/C12H9BrFN3O2/c13-6-1-2-7(14)10(5-6)17-11-8(15)3-4-9(16-11)12(18)19/h1-5H,15H2,(H,16,17)(H,18,19). The minimum atomic E-state index is -1.18. The number of nitrogens with one attached hydrogen (secondary N) is 1. The number of aromatic carboxylic acids is 1. The first kappa shape index (κ1) is 13.3. The van der Waals surface area contributed by atoms with Crippen LogP contribution in [0.1, 0.15) is 10.5 Å². The van der Waals surface area contributed by atoms with Crippen LogP contribution >= 0.6 is 15.9 Å². The van der Waals surface area contributed by atoms with Crippen LogP contribution in [0.25, 0.3) is 0 Å². The predicted octanol–water partition coefficient (Wildman–Crippen LogP) is 3.01. The number of hydrogen-bond acceptors (Lipinski definition) is 4. The molecule has 0 aliphatic heterocycles. The largest absolute Gasteiger partial charge is 0.477 e. The van der Waals surface area contributed by atoms with Crippen LogP contribution in [0.2, 0.25) is 0 Å². The summed E-state index contributed by atoms with van der Waals surface area (Å²) in [5.74, 6) is -1.58. The van der Waals surface area contributed by atoms with Gasteiger partial charge in [0.1, 0.15) is 5.82 Å². The fourth-order valence-corrected chi connectivity index (χ4v) is 1.77. The number of halogens is 2. The fourth-order valence-electron chi connectivity index (χ4n) is 1.41. The molecule has 1 aromatic carbocycles. The lowest BCUT2D eigenvalue weighted by atomic mass is 10.2. The zero-order valence-electron chi connectivity index (χ0n) is 9.52. The van der Waals surface area contributed by atoms with Crippen LogP contribution in [0.4, 0.5) is 21.6 Å². The summed E-state index contributed by atoms with van der Waals surface area (Å²) in [5, 5.41) is 11.5. The van der Waals surface area contributed by atoms with Crippen LogP contribution in [-0.2, 0) is 0 Å². The van der Waals surface area contributed by atoms with Gasteiger partial charge >= 0.3 is 5.97 Å². The molecule has 0 spiro atoms. The molecule has 5 nitrogen and oxygen atoms in total. The maximum Gasteiger partial charge on any atom is 0.354 e. The van der Waals surface area contributed by atoms with Crippen LogP contribution in [0.3, 0.4) is 0 Å². The van der Waals surface area contributed by atoms with Crippen molar-refractivity contribution in [1.29, 1.82) is 0 Å². The lowest BCUT2D eigenvalue weighted by Crippen LogP contribution is -2.06. The summed E-state index contributed by atoms with van der Waals surface area (Å²) >= 11 is 3.21. The van der Waals surface area contributed by atoms with Crippen molar-refractivity contribution in [3.05, 3.63) is 46.3 Å². The second-order valence-corrected chi connectivity index (χ2v) is 4.60. The van der Waals surface area contributed by atoms with Gasteiger partial charge in [0.15, 0.2) is 11.5 Å². The van der Waals surface area contributed by atoms with Gasteiger partial charge in [-0.1, -0.05) is 15.9 Å². The molecule has 4 N–H and O–H groups in total. The quantitative estimate of drug-likeness (QED) is 0.807. The van der Waals surface area contributed by atoms with Gasteiger partial charge in [-0.3, -0.25) is 0 Å². The van der Waals surface area contributed by atoms with Gasteiger partial charge < -0.3 is 16.2 Å². The number of rotatable bonds is 3. The molecule has 0 atom stereocenters. The fraction of sp³-hybridized carbons (Fsp3) is 0. The summed E-state index contributed by atoms with van der Waals surface area (Å²) in [7, 11) is 0. The number of aromatic nitrogens is 1. The van der Waals surface area contributed by atoms with E-state index in [2.05, 4.69) is 26.2 Å². The number of carbonyl (C=O) groups is 1. The highest BCUT2D eigenvalue weighted by molar-refractivity contribution is 9.10. The molecule has 0 saturated heterocycles. The summed E-state index contributed by atoms with van der Waals surface area (Å²) in [5.41, 5.74) is 5.87. The van der Waals surface area contributed by atoms with E-state index in [1.54, 1.807) is 6.07 Å². The minimum Gasteiger partial charge on any atom is -0.477 e. The zero-order valence-corrected chi connectivity index (χ0v) is 11.1. The number of pyridine rings is 1. The second-order valence-electron chi connectivity index (χ2n) is 3.69. The van der Waals surface area contributed by atoms with Crippen molar-refractivity contribution in [1.82, 2.24) is 4.98 Å². The highest BCUT2D eigenvalue weighted by Gasteiger charge is 2.10. The highest BCUT2D eigenvalue weighted by atomic mass is 79.9. The number of benzene rings is 1. The zero-order chi connectivity index (χ0) is 14.0. The summed E-state index contributed by atoms with van der Waals surface area (Å²) in [6, 6.07) is 6.99. The first-order valence-electron chi connectivity index (χ1n) is 5.19. The minimum absolute atomic E-state index is 0.0944. The Morgan fingerprint density at radius 3 is 2.79 bits per heavy atom. The Morgan fingerprint density at radius 1 is 1.37 bits per heavy atom. The summed E-state index contributed by atoms with van der Waals surface area (Å²) in [6.45, 7) is 0. The van der Waals surface area contributed by atoms with Gasteiger partial charge in [-0.25, -0.2) is 14.2 Å². The Bertz CT molecular complexity index is 649. The van der Waals surface area contributed by atoms with Gasteiger partial charge in [-0.05, 0) is 30.3 Å². The Hall–Kier alpha value is -2.15. The molecule has 0 saturated carbocycles. The molecule has 0 bridgehead atoms. The first-order valence-corrected chi connectivity index (χ1v) is 5.98. The lowest BCUT2D eigenvalue weighted by molar-refractivity contribution is 0.0690. The van der Waals surface area contributed by atoms with E-state index in [0.717, 1.165) is 0 Å². The van der Waals surface area contributed by atoms with Gasteiger partial charge in [0.25, 0.3) is 0 Å². The smallest absolute Gasteiger partial charge is 0.354 e. The van der Waals surface area contributed by atoms with Crippen molar-refractivity contribution in [2.45, 2.75) is 0 Å². The number of hydrogen-bond donors (Lipinski definition) is 3. The molecule has 98 valence electrons. The van der Waals surface area contributed by atoms with Crippen LogP contribution in [-0.4, -0.2) is 16.1 Å². The van der Waals surface area contributed by atoms with Crippen molar-refractivity contribution >= 4 is 39.1 Å². The molecule has 0 fully saturated rings. The van der Waals surface area contributed by atoms with E-state index in [-0.39, 0.29) is 22.9 Å². The SMILES string of the molecule is Nc1ccc(C(=O)O)nc1Nc1cc(Br)ccc1F. The molecule has 0 unspecified atom stereocenters. The Labute approximate surface area is 116 Å². The van der Waals surface area contributed by atoms with E-state index in [9.17, 15) is 9.18 Å². The van der Waals surface area contributed by atoms with Crippen molar-refractivity contribution < 1.29 is 14.3 Å². The Morgan fingerprint density at radius 2 is 2.11 bits per heavy atom. The van der Waals surface area contributed by atoms with E-state index < -0.39 is 11.8 Å². The van der Waals surface area contributed by atoms with Gasteiger partial charge in [-0.15, -0.1) is 0 Å². The average Bonchev–Trinajstić information content (AvgIpc) is 2.36. The van der Waals surface area contributed by atoms with Gasteiger partial charge in [0, 0.05) is 4.47 Å². The van der Waals surface area contributed by atoms with Crippen molar-refractivity contribution in [2.24, 2.45) is 0 Å². The third kappa shape index (κ3) is 3.00. The molecule has 2 rings (SSSR count). The number of nitrogen functional groups attached to an aromatic ring is 1. The van der Waals surface area contributed by atoms with Crippen molar-refractivity contribution in [2.75, 3.05) is 11.1 Å². The molecule has 0 aliphatic rings. The van der Waals surface area contributed by atoms with E-state index in [1.807, 2.05) is 0 Å². The lowest BCUT2D eigenvalue weighted by Gasteiger charge is -2.10. The molecule has 7 heteroatoms.